The van der Waals surface area contributed by atoms with E-state index in [0.717, 1.165) is 38.5 Å². The topological polar surface area (TPSA) is 72.3 Å². The molecule has 1 aromatic carbocycles. The van der Waals surface area contributed by atoms with Crippen molar-refractivity contribution in [1.82, 2.24) is 4.90 Å². The van der Waals surface area contributed by atoms with Gasteiger partial charge in [0.2, 0.25) is 5.91 Å². The summed E-state index contributed by atoms with van der Waals surface area (Å²) >= 11 is 0. The fraction of sp³-hybridized carbons (Fsp3) is 0.533. The molecule has 1 heterocycles. The van der Waals surface area contributed by atoms with Crippen LogP contribution in [0.1, 0.15) is 35.2 Å². The summed E-state index contributed by atoms with van der Waals surface area (Å²) in [6.07, 6.45) is 3.65. The normalized spacial score (nSPS) is 17.5. The number of rotatable bonds is 5. The summed E-state index contributed by atoms with van der Waals surface area (Å²) < 4.78 is 0. The number of nitrogens with two attached hydrogens (primary N) is 2. The molecule has 1 aliphatic rings. The Kier molecular flexibility index (Phi) is 4.93. The average Bonchev–Trinajstić information content (AvgIpc) is 2.42. The summed E-state index contributed by atoms with van der Waals surface area (Å²) in [5, 5.41) is 0. The van der Waals surface area contributed by atoms with Gasteiger partial charge in [0, 0.05) is 12.1 Å². The van der Waals surface area contributed by atoms with Crippen molar-refractivity contribution in [3.05, 3.63) is 35.4 Å². The second kappa shape index (κ2) is 6.68. The van der Waals surface area contributed by atoms with E-state index in [2.05, 4.69) is 4.90 Å². The van der Waals surface area contributed by atoms with Gasteiger partial charge in [0.15, 0.2) is 0 Å². The van der Waals surface area contributed by atoms with Crippen LogP contribution in [0.15, 0.2) is 24.3 Å². The Morgan fingerprint density at radius 1 is 1.21 bits per heavy atom. The zero-order chi connectivity index (χ0) is 13.7. The minimum absolute atomic E-state index is 0.367. The van der Waals surface area contributed by atoms with Gasteiger partial charge in [-0.15, -0.1) is 0 Å². The fourth-order valence-electron chi connectivity index (χ4n) is 2.70. The first-order valence-electron chi connectivity index (χ1n) is 7.00. The number of likely N-dealkylation sites (tertiary alicyclic amines) is 1. The third-order valence-corrected chi connectivity index (χ3v) is 3.93. The van der Waals surface area contributed by atoms with Crippen LogP contribution in [-0.2, 0) is 6.54 Å². The molecule has 1 amide bonds. The molecular formula is C15H23N3O. The molecule has 1 fully saturated rings. The second-order valence-electron chi connectivity index (χ2n) is 5.36. The van der Waals surface area contributed by atoms with Crippen molar-refractivity contribution >= 4 is 5.91 Å². The number of primary amides is 1. The molecule has 104 valence electrons. The minimum Gasteiger partial charge on any atom is -0.366 e. The first kappa shape index (κ1) is 14.0. The van der Waals surface area contributed by atoms with Gasteiger partial charge in [-0.05, 0) is 62.5 Å². The predicted molar refractivity (Wildman–Crippen MR) is 76.6 cm³/mol. The van der Waals surface area contributed by atoms with Gasteiger partial charge < -0.3 is 11.5 Å². The molecule has 1 saturated heterocycles. The molecule has 0 saturated carbocycles. The Hall–Kier alpha value is -1.39. The third-order valence-electron chi connectivity index (χ3n) is 3.93. The lowest BCUT2D eigenvalue weighted by Crippen LogP contribution is -2.33. The Labute approximate surface area is 114 Å². The van der Waals surface area contributed by atoms with Crippen LogP contribution in [0.4, 0.5) is 0 Å². The first-order chi connectivity index (χ1) is 9.19. The second-order valence-corrected chi connectivity index (χ2v) is 5.36. The van der Waals surface area contributed by atoms with E-state index in [1.807, 2.05) is 12.1 Å². The molecule has 0 radical (unpaired) electrons. The highest BCUT2D eigenvalue weighted by atomic mass is 16.1. The molecule has 0 atom stereocenters. The highest BCUT2D eigenvalue weighted by Gasteiger charge is 2.18. The summed E-state index contributed by atoms with van der Waals surface area (Å²) in [7, 11) is 0. The van der Waals surface area contributed by atoms with Gasteiger partial charge in [-0.3, -0.25) is 9.69 Å². The summed E-state index contributed by atoms with van der Waals surface area (Å²) in [5.74, 6) is 0.438. The molecule has 4 N–H and O–H groups in total. The summed E-state index contributed by atoms with van der Waals surface area (Å²) in [4.78, 5) is 13.5. The van der Waals surface area contributed by atoms with Gasteiger partial charge in [0.1, 0.15) is 0 Å². The van der Waals surface area contributed by atoms with Crippen LogP contribution in [0.25, 0.3) is 0 Å². The van der Waals surface area contributed by atoms with Gasteiger partial charge in [0.25, 0.3) is 0 Å². The maximum atomic E-state index is 11.0. The van der Waals surface area contributed by atoms with E-state index in [4.69, 9.17) is 11.5 Å². The Bertz CT molecular complexity index is 408. The van der Waals surface area contributed by atoms with Crippen molar-refractivity contribution in [2.45, 2.75) is 25.8 Å². The van der Waals surface area contributed by atoms with Crippen LogP contribution < -0.4 is 11.5 Å². The number of hydrogen-bond acceptors (Lipinski definition) is 3. The first-order valence-corrected chi connectivity index (χ1v) is 7.00. The van der Waals surface area contributed by atoms with E-state index in [1.165, 1.54) is 18.4 Å². The van der Waals surface area contributed by atoms with E-state index >= 15 is 0 Å². The van der Waals surface area contributed by atoms with E-state index in [0.29, 0.717) is 5.56 Å². The summed E-state index contributed by atoms with van der Waals surface area (Å²) in [6.45, 7) is 4.04. The fourth-order valence-corrected chi connectivity index (χ4v) is 2.70. The van der Waals surface area contributed by atoms with Crippen LogP contribution in [0, 0.1) is 5.92 Å². The van der Waals surface area contributed by atoms with Crippen LogP contribution in [0.5, 0.6) is 0 Å². The maximum Gasteiger partial charge on any atom is 0.248 e. The van der Waals surface area contributed by atoms with E-state index < -0.39 is 0 Å². The van der Waals surface area contributed by atoms with Gasteiger partial charge in [-0.2, -0.15) is 0 Å². The lowest BCUT2D eigenvalue weighted by atomic mass is 9.93. The lowest BCUT2D eigenvalue weighted by Gasteiger charge is -2.31. The van der Waals surface area contributed by atoms with E-state index in [9.17, 15) is 4.79 Å². The SMILES string of the molecule is NCCC1CCN(Cc2ccc(C(N)=O)cc2)CC1. The van der Waals surface area contributed by atoms with Crippen LogP contribution in [0.2, 0.25) is 0 Å². The molecular weight excluding hydrogens is 238 g/mol. The monoisotopic (exact) mass is 261 g/mol. The zero-order valence-electron chi connectivity index (χ0n) is 11.3. The van der Waals surface area contributed by atoms with Crippen LogP contribution >= 0.6 is 0 Å². The molecule has 19 heavy (non-hydrogen) atoms. The summed E-state index contributed by atoms with van der Waals surface area (Å²) in [5.41, 5.74) is 12.6. The molecule has 4 heteroatoms. The maximum absolute atomic E-state index is 11.0. The molecule has 0 aliphatic carbocycles. The van der Waals surface area contributed by atoms with E-state index in [1.54, 1.807) is 12.1 Å². The number of benzene rings is 1. The van der Waals surface area contributed by atoms with E-state index in [-0.39, 0.29) is 5.91 Å². The van der Waals surface area contributed by atoms with Gasteiger partial charge in [0.05, 0.1) is 0 Å². The van der Waals surface area contributed by atoms with Gasteiger partial charge in [-0.25, -0.2) is 0 Å². The quantitative estimate of drug-likeness (QED) is 0.840. The molecule has 2 rings (SSSR count). The van der Waals surface area contributed by atoms with Crippen molar-refractivity contribution in [3.63, 3.8) is 0 Å². The molecule has 0 bridgehead atoms. The zero-order valence-corrected chi connectivity index (χ0v) is 11.3. The summed E-state index contributed by atoms with van der Waals surface area (Å²) in [6, 6.07) is 7.59. The Balaban J connectivity index is 1.83. The smallest absolute Gasteiger partial charge is 0.248 e. The van der Waals surface area contributed by atoms with Crippen molar-refractivity contribution in [2.75, 3.05) is 19.6 Å². The highest BCUT2D eigenvalue weighted by Crippen LogP contribution is 2.21. The van der Waals surface area contributed by atoms with Crippen molar-refractivity contribution in [3.8, 4) is 0 Å². The molecule has 0 spiro atoms. The molecule has 0 aromatic heterocycles. The van der Waals surface area contributed by atoms with Crippen molar-refractivity contribution in [2.24, 2.45) is 17.4 Å². The number of piperidine rings is 1. The number of nitrogens with zero attached hydrogens (tertiary/aromatic N) is 1. The third kappa shape index (κ3) is 4.04. The lowest BCUT2D eigenvalue weighted by molar-refractivity contribution is 0.1000. The standard InChI is InChI=1S/C15H23N3O/c16-8-5-12-6-9-18(10-7-12)11-13-1-3-14(4-2-13)15(17)19/h1-4,12H,5-11,16H2,(H2,17,19). The molecule has 4 nitrogen and oxygen atoms in total. The molecule has 0 unspecified atom stereocenters. The number of carbonyl (C=O) groups excluding carboxylic acids is 1. The van der Waals surface area contributed by atoms with Gasteiger partial charge >= 0.3 is 0 Å². The largest absolute Gasteiger partial charge is 0.366 e. The molecule has 1 aromatic rings. The van der Waals surface area contributed by atoms with Crippen molar-refractivity contribution < 1.29 is 4.79 Å². The Morgan fingerprint density at radius 3 is 2.37 bits per heavy atom. The van der Waals surface area contributed by atoms with Crippen LogP contribution in [-0.4, -0.2) is 30.4 Å². The molecule has 1 aliphatic heterocycles. The van der Waals surface area contributed by atoms with Gasteiger partial charge in [-0.1, -0.05) is 12.1 Å². The number of hydrogen-bond donors (Lipinski definition) is 2. The minimum atomic E-state index is -0.367. The van der Waals surface area contributed by atoms with Crippen LogP contribution in [0.3, 0.4) is 0 Å². The Morgan fingerprint density at radius 2 is 1.84 bits per heavy atom. The predicted octanol–water partition coefficient (Wildman–Crippen LogP) is 1.35. The van der Waals surface area contributed by atoms with Crippen molar-refractivity contribution in [1.29, 1.82) is 0 Å². The number of amides is 1. The highest BCUT2D eigenvalue weighted by molar-refractivity contribution is 5.92. The number of carbonyl (C=O) groups is 1. The average molecular weight is 261 g/mol.